The van der Waals surface area contributed by atoms with Crippen LogP contribution in [0.15, 0.2) is 71.9 Å². The molecule has 34 heavy (non-hydrogen) atoms. The Morgan fingerprint density at radius 1 is 1.06 bits per heavy atom. The number of nitrogens with zero attached hydrogens (tertiary/aromatic N) is 2. The minimum atomic E-state index is -0.960. The number of nitrogens with one attached hydrogen (secondary N) is 1. The Kier molecular flexibility index (Phi) is 7.39. The Labute approximate surface area is 201 Å². The molecular weight excluding hydrogens is 450 g/mol. The van der Waals surface area contributed by atoms with E-state index in [-0.39, 0.29) is 11.1 Å². The highest BCUT2D eigenvalue weighted by Gasteiger charge is 2.13. The van der Waals surface area contributed by atoms with E-state index in [4.69, 9.17) is 10.1 Å². The molecule has 0 atom stereocenters. The van der Waals surface area contributed by atoms with Crippen molar-refractivity contribution in [3.05, 3.63) is 105 Å². The van der Waals surface area contributed by atoms with Gasteiger partial charge in [-0.15, -0.1) is 11.3 Å². The summed E-state index contributed by atoms with van der Waals surface area (Å²) in [5.74, 6) is -1.06. The third kappa shape index (κ3) is 6.11. The van der Waals surface area contributed by atoms with Crippen molar-refractivity contribution in [2.45, 2.75) is 32.2 Å². The van der Waals surface area contributed by atoms with E-state index in [1.165, 1.54) is 11.3 Å². The predicted octanol–water partition coefficient (Wildman–Crippen LogP) is 4.91. The molecule has 0 saturated carbocycles. The van der Waals surface area contributed by atoms with Gasteiger partial charge in [-0.3, -0.25) is 0 Å². The molecule has 0 spiro atoms. The molecule has 0 radical (unpaired) electrons. The Bertz CT molecular complexity index is 1270. The van der Waals surface area contributed by atoms with Crippen molar-refractivity contribution in [2.75, 3.05) is 0 Å². The van der Waals surface area contributed by atoms with Gasteiger partial charge in [0.15, 0.2) is 0 Å². The first-order chi connectivity index (χ1) is 16.5. The standard InChI is InChI=1S/C26H25N3O4S/c30-25(31)19-10-8-18(9-11-19)16-29-17-22(14-20(26(32)33)15-23-6-3-13-34-23)28-24(29)7-1-4-21-5-2-12-27-21/h2-3,5-6,8-14,17,27H,1,4,7,15-16H2,(H,30,31)(H,32,33)/b20-14-. The average Bonchev–Trinajstić information content (AvgIpc) is 3.57. The van der Waals surface area contributed by atoms with E-state index in [0.29, 0.717) is 18.7 Å². The number of hydrogen-bond acceptors (Lipinski definition) is 4. The number of aromatic amines is 1. The minimum absolute atomic E-state index is 0.240. The van der Waals surface area contributed by atoms with Crippen molar-refractivity contribution in [3.8, 4) is 0 Å². The second-order valence-electron chi connectivity index (χ2n) is 7.99. The molecule has 0 bridgehead atoms. The SMILES string of the molecule is O=C(O)/C(=C\c1cn(Cc2ccc(C(=O)O)cc2)c(CCCc2ccc[nH]2)n1)Cc1cccs1. The van der Waals surface area contributed by atoms with Crippen LogP contribution in [0.5, 0.6) is 0 Å². The second kappa shape index (κ2) is 10.8. The molecule has 174 valence electrons. The summed E-state index contributed by atoms with van der Waals surface area (Å²) in [6.45, 7) is 0.520. The van der Waals surface area contributed by atoms with Gasteiger partial charge in [-0.25, -0.2) is 14.6 Å². The lowest BCUT2D eigenvalue weighted by Gasteiger charge is -2.08. The lowest BCUT2D eigenvalue weighted by molar-refractivity contribution is -0.132. The first-order valence-corrected chi connectivity index (χ1v) is 11.8. The van der Waals surface area contributed by atoms with Gasteiger partial charge in [-0.05, 0) is 60.2 Å². The number of H-pyrrole nitrogens is 1. The van der Waals surface area contributed by atoms with Crippen LogP contribution in [0.3, 0.4) is 0 Å². The zero-order valence-electron chi connectivity index (χ0n) is 18.5. The van der Waals surface area contributed by atoms with Gasteiger partial charge in [-0.2, -0.15) is 0 Å². The topological polar surface area (TPSA) is 108 Å². The van der Waals surface area contributed by atoms with Crippen LogP contribution in [0.2, 0.25) is 0 Å². The molecule has 0 aliphatic heterocycles. The van der Waals surface area contributed by atoms with Crippen molar-refractivity contribution in [1.29, 1.82) is 0 Å². The maximum Gasteiger partial charge on any atom is 0.335 e. The maximum absolute atomic E-state index is 11.9. The van der Waals surface area contributed by atoms with E-state index in [9.17, 15) is 14.7 Å². The number of aromatic carboxylic acids is 1. The highest BCUT2D eigenvalue weighted by Crippen LogP contribution is 2.19. The summed E-state index contributed by atoms with van der Waals surface area (Å²) in [5, 5.41) is 20.8. The molecule has 1 aromatic carbocycles. The van der Waals surface area contributed by atoms with E-state index in [1.54, 1.807) is 30.3 Å². The number of aromatic nitrogens is 3. The summed E-state index contributed by atoms with van der Waals surface area (Å²) >= 11 is 1.53. The molecule has 3 heterocycles. The molecule has 8 heteroatoms. The summed E-state index contributed by atoms with van der Waals surface area (Å²) in [5.41, 5.74) is 3.23. The third-order valence-corrected chi connectivity index (χ3v) is 6.36. The molecule has 0 aliphatic carbocycles. The van der Waals surface area contributed by atoms with Gasteiger partial charge in [0, 0.05) is 47.9 Å². The zero-order chi connectivity index (χ0) is 23.9. The number of rotatable bonds is 11. The van der Waals surface area contributed by atoms with Gasteiger partial charge in [0.2, 0.25) is 0 Å². The Hall–Kier alpha value is -3.91. The number of aliphatic carboxylic acids is 1. The number of hydrogen-bond donors (Lipinski definition) is 3. The number of carbonyl (C=O) groups is 2. The van der Waals surface area contributed by atoms with Crippen LogP contribution in [0.4, 0.5) is 0 Å². The lowest BCUT2D eigenvalue weighted by atomic mass is 10.1. The van der Waals surface area contributed by atoms with E-state index in [1.807, 2.05) is 46.6 Å². The summed E-state index contributed by atoms with van der Waals surface area (Å²) in [4.78, 5) is 31.9. The molecule has 4 rings (SSSR count). The van der Waals surface area contributed by atoms with E-state index in [0.717, 1.165) is 41.2 Å². The summed E-state index contributed by atoms with van der Waals surface area (Å²) < 4.78 is 2.01. The van der Waals surface area contributed by atoms with Crippen LogP contribution in [0.1, 0.15) is 44.4 Å². The smallest absolute Gasteiger partial charge is 0.335 e. The zero-order valence-corrected chi connectivity index (χ0v) is 19.3. The number of aryl methyl sites for hydroxylation is 2. The van der Waals surface area contributed by atoms with Crippen LogP contribution < -0.4 is 0 Å². The quantitative estimate of drug-likeness (QED) is 0.267. The first-order valence-electron chi connectivity index (χ1n) is 10.9. The highest BCUT2D eigenvalue weighted by atomic mass is 32.1. The summed E-state index contributed by atoms with van der Waals surface area (Å²) in [6.07, 6.45) is 8.26. The Morgan fingerprint density at radius 3 is 2.53 bits per heavy atom. The molecule has 0 amide bonds. The van der Waals surface area contributed by atoms with E-state index < -0.39 is 11.9 Å². The van der Waals surface area contributed by atoms with Crippen LogP contribution in [0, 0.1) is 0 Å². The number of imidazole rings is 1. The molecule has 0 unspecified atom stereocenters. The van der Waals surface area contributed by atoms with Gasteiger partial charge in [-0.1, -0.05) is 18.2 Å². The van der Waals surface area contributed by atoms with Gasteiger partial charge < -0.3 is 19.8 Å². The first kappa shape index (κ1) is 23.3. The fourth-order valence-electron chi connectivity index (χ4n) is 3.76. The molecule has 0 fully saturated rings. The fourth-order valence-corrected chi connectivity index (χ4v) is 4.49. The van der Waals surface area contributed by atoms with Crippen LogP contribution in [-0.4, -0.2) is 36.7 Å². The molecule has 7 nitrogen and oxygen atoms in total. The van der Waals surface area contributed by atoms with Crippen molar-refractivity contribution in [3.63, 3.8) is 0 Å². The predicted molar refractivity (Wildman–Crippen MR) is 131 cm³/mol. The van der Waals surface area contributed by atoms with Crippen LogP contribution in [0.25, 0.3) is 6.08 Å². The average molecular weight is 476 g/mol. The molecule has 4 aromatic rings. The normalized spacial score (nSPS) is 11.6. The van der Waals surface area contributed by atoms with Crippen LogP contribution in [-0.2, 0) is 30.6 Å². The molecule has 0 saturated heterocycles. The molecular formula is C26H25N3O4S. The van der Waals surface area contributed by atoms with Crippen molar-refractivity contribution < 1.29 is 19.8 Å². The minimum Gasteiger partial charge on any atom is -0.478 e. The van der Waals surface area contributed by atoms with E-state index in [2.05, 4.69) is 4.98 Å². The number of benzene rings is 1. The molecule has 3 N–H and O–H groups in total. The maximum atomic E-state index is 11.9. The summed E-state index contributed by atoms with van der Waals surface area (Å²) in [7, 11) is 0. The monoisotopic (exact) mass is 475 g/mol. The second-order valence-corrected chi connectivity index (χ2v) is 9.02. The highest BCUT2D eigenvalue weighted by molar-refractivity contribution is 7.09. The van der Waals surface area contributed by atoms with Crippen molar-refractivity contribution in [2.24, 2.45) is 0 Å². The van der Waals surface area contributed by atoms with Gasteiger partial charge in [0.1, 0.15) is 5.82 Å². The van der Waals surface area contributed by atoms with Crippen molar-refractivity contribution >= 4 is 29.4 Å². The lowest BCUT2D eigenvalue weighted by Crippen LogP contribution is -2.05. The van der Waals surface area contributed by atoms with Crippen molar-refractivity contribution in [1.82, 2.24) is 14.5 Å². The largest absolute Gasteiger partial charge is 0.478 e. The van der Waals surface area contributed by atoms with Gasteiger partial charge in [0.25, 0.3) is 0 Å². The summed E-state index contributed by atoms with van der Waals surface area (Å²) in [6, 6.07) is 14.6. The Morgan fingerprint density at radius 2 is 1.88 bits per heavy atom. The van der Waals surface area contributed by atoms with E-state index >= 15 is 0 Å². The van der Waals surface area contributed by atoms with Gasteiger partial charge in [0.05, 0.1) is 11.3 Å². The molecule has 3 aromatic heterocycles. The van der Waals surface area contributed by atoms with Gasteiger partial charge >= 0.3 is 11.9 Å². The van der Waals surface area contributed by atoms with Crippen LogP contribution >= 0.6 is 11.3 Å². The molecule has 0 aliphatic rings. The number of thiophene rings is 1. The Balaban J connectivity index is 1.58. The number of carboxylic acids is 2. The third-order valence-electron chi connectivity index (χ3n) is 5.48. The fraction of sp³-hybridized carbons (Fsp3) is 0.192. The number of carboxylic acid groups (broad SMARTS) is 2.